The lowest BCUT2D eigenvalue weighted by Gasteiger charge is -2.15. The lowest BCUT2D eigenvalue weighted by Crippen LogP contribution is -2.23. The molecular formula is C15H18N2O4. The molecule has 1 saturated carbocycles. The van der Waals surface area contributed by atoms with Crippen LogP contribution in [0.3, 0.4) is 0 Å². The summed E-state index contributed by atoms with van der Waals surface area (Å²) in [5.74, 6) is -0.988. The zero-order valence-corrected chi connectivity index (χ0v) is 11.9. The highest BCUT2D eigenvalue weighted by atomic mass is 16.5. The number of methoxy groups -OCH3 is 1. The number of ether oxygens (including phenoxy) is 1. The van der Waals surface area contributed by atoms with Gasteiger partial charge in [-0.1, -0.05) is 0 Å². The van der Waals surface area contributed by atoms with E-state index < -0.39 is 5.97 Å². The molecule has 0 aliphatic heterocycles. The van der Waals surface area contributed by atoms with Crippen molar-refractivity contribution in [3.05, 3.63) is 34.2 Å². The number of aromatic nitrogens is 2. The number of nitrogens with one attached hydrogen (secondary N) is 1. The van der Waals surface area contributed by atoms with Crippen molar-refractivity contribution in [1.29, 1.82) is 0 Å². The molecule has 0 saturated heterocycles. The van der Waals surface area contributed by atoms with E-state index in [1.807, 2.05) is 0 Å². The second-order valence-electron chi connectivity index (χ2n) is 5.80. The van der Waals surface area contributed by atoms with Crippen LogP contribution in [0.25, 0.3) is 11.0 Å². The highest BCUT2D eigenvalue weighted by Gasteiger charge is 2.42. The van der Waals surface area contributed by atoms with Gasteiger partial charge < -0.3 is 14.8 Å². The Kier molecular flexibility index (Phi) is 3.33. The van der Waals surface area contributed by atoms with Gasteiger partial charge in [0.15, 0.2) is 0 Å². The fourth-order valence-electron chi connectivity index (χ4n) is 2.76. The van der Waals surface area contributed by atoms with Gasteiger partial charge in [0.1, 0.15) is 0 Å². The molecule has 1 aliphatic rings. The number of nitrogens with zero attached hydrogens (tertiary/aromatic N) is 1. The number of carbonyl (C=O) groups is 1. The SMILES string of the molecule is COCCC1(Cn2c(=O)[nH]c3ccc(C(=O)O)cc32)CC1. The molecule has 0 atom stereocenters. The largest absolute Gasteiger partial charge is 0.478 e. The van der Waals surface area contributed by atoms with Crippen LogP contribution in [0.5, 0.6) is 0 Å². The van der Waals surface area contributed by atoms with Crippen LogP contribution in [0.2, 0.25) is 0 Å². The standard InChI is InChI=1S/C15H18N2O4/c1-21-7-6-15(4-5-15)9-17-12-8-10(13(18)19)2-3-11(12)16-14(17)20/h2-3,8H,4-7,9H2,1H3,(H,16,20)(H,18,19). The maximum atomic E-state index is 12.1. The van der Waals surface area contributed by atoms with E-state index in [9.17, 15) is 9.59 Å². The van der Waals surface area contributed by atoms with Crippen molar-refractivity contribution in [2.45, 2.75) is 25.8 Å². The summed E-state index contributed by atoms with van der Waals surface area (Å²) in [6.45, 7) is 1.29. The summed E-state index contributed by atoms with van der Waals surface area (Å²) in [4.78, 5) is 26.0. The number of hydrogen-bond acceptors (Lipinski definition) is 3. The number of carboxylic acids is 1. The smallest absolute Gasteiger partial charge is 0.335 e. The molecule has 0 unspecified atom stereocenters. The predicted octanol–water partition coefficient (Wildman–Crippen LogP) is 1.84. The molecule has 1 aromatic heterocycles. The van der Waals surface area contributed by atoms with Crippen LogP contribution in [0.4, 0.5) is 0 Å². The average molecular weight is 290 g/mol. The molecule has 0 spiro atoms. The Hall–Kier alpha value is -2.08. The Bertz CT molecular complexity index is 740. The molecule has 0 radical (unpaired) electrons. The van der Waals surface area contributed by atoms with Crippen molar-refractivity contribution >= 4 is 17.0 Å². The summed E-state index contributed by atoms with van der Waals surface area (Å²) in [5, 5.41) is 9.09. The van der Waals surface area contributed by atoms with Gasteiger partial charge in [-0.05, 0) is 42.9 Å². The van der Waals surface area contributed by atoms with Crippen molar-refractivity contribution in [2.75, 3.05) is 13.7 Å². The first kappa shape index (κ1) is 13.9. The van der Waals surface area contributed by atoms with Crippen molar-refractivity contribution in [1.82, 2.24) is 9.55 Å². The van der Waals surface area contributed by atoms with E-state index in [1.54, 1.807) is 23.8 Å². The van der Waals surface area contributed by atoms with Crippen LogP contribution < -0.4 is 5.69 Å². The Morgan fingerprint density at radius 3 is 2.86 bits per heavy atom. The van der Waals surface area contributed by atoms with Crippen molar-refractivity contribution in [2.24, 2.45) is 5.41 Å². The lowest BCUT2D eigenvalue weighted by molar-refractivity contribution is 0.0697. The van der Waals surface area contributed by atoms with Crippen LogP contribution in [-0.4, -0.2) is 34.3 Å². The lowest BCUT2D eigenvalue weighted by atomic mass is 10.0. The van der Waals surface area contributed by atoms with Crippen molar-refractivity contribution < 1.29 is 14.6 Å². The zero-order valence-electron chi connectivity index (χ0n) is 11.9. The summed E-state index contributed by atoms with van der Waals surface area (Å²) in [7, 11) is 1.67. The summed E-state index contributed by atoms with van der Waals surface area (Å²) >= 11 is 0. The van der Waals surface area contributed by atoms with Gasteiger partial charge in [-0.25, -0.2) is 9.59 Å². The quantitative estimate of drug-likeness (QED) is 0.850. The zero-order chi connectivity index (χ0) is 15.0. The molecule has 1 fully saturated rings. The maximum absolute atomic E-state index is 12.1. The van der Waals surface area contributed by atoms with Gasteiger partial charge in [0.25, 0.3) is 0 Å². The Balaban J connectivity index is 1.97. The molecule has 3 rings (SSSR count). The normalized spacial score (nSPS) is 16.2. The molecule has 2 aromatic rings. The molecule has 112 valence electrons. The predicted molar refractivity (Wildman–Crippen MR) is 77.7 cm³/mol. The number of aromatic amines is 1. The van der Waals surface area contributed by atoms with Crippen molar-refractivity contribution in [3.8, 4) is 0 Å². The first-order valence-corrected chi connectivity index (χ1v) is 6.99. The number of hydrogen-bond donors (Lipinski definition) is 2. The third kappa shape index (κ3) is 2.58. The van der Waals surface area contributed by atoms with Gasteiger partial charge >= 0.3 is 11.7 Å². The topological polar surface area (TPSA) is 84.3 Å². The molecule has 6 heteroatoms. The first-order chi connectivity index (χ1) is 10.0. The molecule has 1 aliphatic carbocycles. The summed E-state index contributed by atoms with van der Waals surface area (Å²) < 4.78 is 6.79. The van der Waals surface area contributed by atoms with E-state index in [2.05, 4.69) is 4.98 Å². The Labute approximate surface area is 121 Å². The average Bonchev–Trinajstić information content (AvgIpc) is 3.16. The molecular weight excluding hydrogens is 272 g/mol. The number of benzene rings is 1. The maximum Gasteiger partial charge on any atom is 0.335 e. The molecule has 2 N–H and O–H groups in total. The molecule has 0 amide bonds. The first-order valence-electron chi connectivity index (χ1n) is 6.99. The van der Waals surface area contributed by atoms with E-state index in [0.717, 1.165) is 19.3 Å². The van der Waals surface area contributed by atoms with Gasteiger partial charge in [-0.15, -0.1) is 0 Å². The fourth-order valence-corrected chi connectivity index (χ4v) is 2.76. The minimum Gasteiger partial charge on any atom is -0.478 e. The van der Waals surface area contributed by atoms with E-state index in [-0.39, 0.29) is 16.7 Å². The highest BCUT2D eigenvalue weighted by molar-refractivity contribution is 5.92. The number of rotatable bonds is 6. The van der Waals surface area contributed by atoms with Gasteiger partial charge in [-0.3, -0.25) is 4.57 Å². The summed E-state index contributed by atoms with van der Waals surface area (Å²) in [6.07, 6.45) is 3.07. The minimum atomic E-state index is -0.988. The van der Waals surface area contributed by atoms with Crippen LogP contribution in [0.1, 0.15) is 29.6 Å². The third-order valence-corrected chi connectivity index (χ3v) is 4.31. The van der Waals surface area contributed by atoms with Crippen LogP contribution in [-0.2, 0) is 11.3 Å². The molecule has 0 bridgehead atoms. The molecule has 21 heavy (non-hydrogen) atoms. The number of aromatic carboxylic acids is 1. The third-order valence-electron chi connectivity index (χ3n) is 4.31. The van der Waals surface area contributed by atoms with Crippen LogP contribution >= 0.6 is 0 Å². The molecule has 1 heterocycles. The van der Waals surface area contributed by atoms with Crippen LogP contribution in [0, 0.1) is 5.41 Å². The monoisotopic (exact) mass is 290 g/mol. The number of carboxylic acid groups (broad SMARTS) is 1. The second-order valence-corrected chi connectivity index (χ2v) is 5.80. The van der Waals surface area contributed by atoms with Gasteiger partial charge in [-0.2, -0.15) is 0 Å². The molecule has 1 aromatic carbocycles. The van der Waals surface area contributed by atoms with Crippen molar-refractivity contribution in [3.63, 3.8) is 0 Å². The minimum absolute atomic E-state index is 0.119. The van der Waals surface area contributed by atoms with Gasteiger partial charge in [0, 0.05) is 20.3 Å². The highest BCUT2D eigenvalue weighted by Crippen LogP contribution is 2.50. The van der Waals surface area contributed by atoms with E-state index in [4.69, 9.17) is 9.84 Å². The van der Waals surface area contributed by atoms with E-state index in [1.165, 1.54) is 6.07 Å². The number of H-pyrrole nitrogens is 1. The summed E-state index contributed by atoms with van der Waals surface area (Å²) in [5.41, 5.74) is 1.46. The summed E-state index contributed by atoms with van der Waals surface area (Å²) in [6, 6.07) is 4.70. The Morgan fingerprint density at radius 1 is 1.48 bits per heavy atom. The van der Waals surface area contributed by atoms with Gasteiger partial charge in [0.2, 0.25) is 0 Å². The fraction of sp³-hybridized carbons (Fsp3) is 0.467. The Morgan fingerprint density at radius 2 is 2.24 bits per heavy atom. The van der Waals surface area contributed by atoms with Gasteiger partial charge in [0.05, 0.1) is 16.6 Å². The number of fused-ring (bicyclic) bond motifs is 1. The van der Waals surface area contributed by atoms with Crippen LogP contribution in [0.15, 0.2) is 23.0 Å². The second kappa shape index (κ2) is 5.04. The number of imidazole rings is 1. The van der Waals surface area contributed by atoms with E-state index in [0.29, 0.717) is 24.2 Å². The van der Waals surface area contributed by atoms with E-state index >= 15 is 0 Å². The molecule has 6 nitrogen and oxygen atoms in total.